The number of hydrogen-bond donors (Lipinski definition) is 2. The zero-order valence-electron chi connectivity index (χ0n) is 9.16. The first-order valence-corrected chi connectivity index (χ1v) is 5.99. The molecule has 0 saturated carbocycles. The maximum Gasteiger partial charge on any atom is 0.108 e. The molecule has 4 nitrogen and oxygen atoms in total. The van der Waals surface area contributed by atoms with Crippen LogP contribution in [0.1, 0.15) is 5.56 Å². The number of halogens is 1. The van der Waals surface area contributed by atoms with Crippen LogP contribution in [0.3, 0.4) is 0 Å². The third-order valence-electron chi connectivity index (χ3n) is 2.20. The van der Waals surface area contributed by atoms with Crippen LogP contribution in [0.5, 0.6) is 0 Å². The van der Waals surface area contributed by atoms with Gasteiger partial charge in [0.15, 0.2) is 0 Å². The normalized spacial score (nSPS) is 10.2. The van der Waals surface area contributed by atoms with E-state index in [1.807, 2.05) is 6.20 Å². The van der Waals surface area contributed by atoms with E-state index in [-0.39, 0.29) is 0 Å². The molecular formula is C12H12BrN3O. The van der Waals surface area contributed by atoms with Crippen molar-refractivity contribution in [3.63, 3.8) is 0 Å². The first kappa shape index (κ1) is 12.1. The third-order valence-corrected chi connectivity index (χ3v) is 2.80. The Hall–Kier alpha value is -1.35. The molecule has 2 heterocycles. The largest absolute Gasteiger partial charge is 0.367 e. The molecule has 3 N–H and O–H groups in total. The van der Waals surface area contributed by atoms with Gasteiger partial charge < -0.3 is 15.5 Å². The van der Waals surface area contributed by atoms with Gasteiger partial charge in [0.25, 0.3) is 0 Å². The number of nitrogens with one attached hydrogen (secondary N) is 1. The first-order valence-electron chi connectivity index (χ1n) is 5.20. The highest BCUT2D eigenvalue weighted by atomic mass is 79.9. The van der Waals surface area contributed by atoms with Crippen LogP contribution in [0.4, 0.5) is 0 Å². The molecule has 2 aromatic heterocycles. The number of ether oxygens (including phenoxy) is 1. The standard InChI is InChI=1S/C12H12BrN3O/c13-10-7-15-8-11-12(10)9(6-16-11)2-1-4-17-5-3-14/h6-8,16H,3-5,14H2. The smallest absolute Gasteiger partial charge is 0.108 e. The summed E-state index contributed by atoms with van der Waals surface area (Å²) in [6.45, 7) is 1.45. The minimum Gasteiger partial charge on any atom is -0.367 e. The van der Waals surface area contributed by atoms with Gasteiger partial charge in [-0.3, -0.25) is 4.98 Å². The van der Waals surface area contributed by atoms with E-state index in [4.69, 9.17) is 10.5 Å². The van der Waals surface area contributed by atoms with Crippen molar-refractivity contribution in [2.24, 2.45) is 5.73 Å². The fourth-order valence-electron chi connectivity index (χ4n) is 1.48. The first-order chi connectivity index (χ1) is 8.33. The Morgan fingerprint density at radius 1 is 1.47 bits per heavy atom. The molecule has 0 atom stereocenters. The van der Waals surface area contributed by atoms with Crippen molar-refractivity contribution < 1.29 is 4.74 Å². The molecule has 0 spiro atoms. The average Bonchev–Trinajstić information content (AvgIpc) is 2.74. The predicted octanol–water partition coefficient (Wildman–Crippen LogP) is 1.65. The van der Waals surface area contributed by atoms with Crippen LogP contribution in [-0.2, 0) is 4.74 Å². The van der Waals surface area contributed by atoms with Gasteiger partial charge in [-0.1, -0.05) is 11.8 Å². The van der Waals surface area contributed by atoms with E-state index in [0.29, 0.717) is 19.8 Å². The van der Waals surface area contributed by atoms with Gasteiger partial charge in [0.1, 0.15) is 6.61 Å². The van der Waals surface area contributed by atoms with Crippen LogP contribution < -0.4 is 5.73 Å². The summed E-state index contributed by atoms with van der Waals surface area (Å²) in [6.07, 6.45) is 5.40. The monoisotopic (exact) mass is 293 g/mol. The molecule has 5 heteroatoms. The number of aromatic amines is 1. The molecule has 0 aromatic carbocycles. The Kier molecular flexibility index (Phi) is 4.15. The van der Waals surface area contributed by atoms with Gasteiger partial charge in [-0.15, -0.1) is 0 Å². The lowest BCUT2D eigenvalue weighted by Crippen LogP contribution is -2.08. The van der Waals surface area contributed by atoms with Gasteiger partial charge in [-0.2, -0.15) is 0 Å². The van der Waals surface area contributed by atoms with Crippen molar-refractivity contribution in [2.75, 3.05) is 19.8 Å². The predicted molar refractivity (Wildman–Crippen MR) is 70.5 cm³/mol. The molecule has 0 radical (unpaired) electrons. The summed E-state index contributed by atoms with van der Waals surface area (Å²) in [7, 11) is 0. The summed E-state index contributed by atoms with van der Waals surface area (Å²) in [5.41, 5.74) is 7.21. The summed E-state index contributed by atoms with van der Waals surface area (Å²) >= 11 is 3.46. The molecule has 2 aromatic rings. The Labute approximate surface area is 108 Å². The number of H-pyrrole nitrogens is 1. The fraction of sp³-hybridized carbons (Fsp3) is 0.250. The van der Waals surface area contributed by atoms with E-state index < -0.39 is 0 Å². The van der Waals surface area contributed by atoms with Crippen molar-refractivity contribution in [1.82, 2.24) is 9.97 Å². The Morgan fingerprint density at radius 3 is 3.18 bits per heavy atom. The van der Waals surface area contributed by atoms with Crippen LogP contribution in [0, 0.1) is 11.8 Å². The van der Waals surface area contributed by atoms with E-state index >= 15 is 0 Å². The van der Waals surface area contributed by atoms with Crippen LogP contribution in [-0.4, -0.2) is 29.7 Å². The van der Waals surface area contributed by atoms with E-state index in [0.717, 1.165) is 20.9 Å². The summed E-state index contributed by atoms with van der Waals surface area (Å²) in [4.78, 5) is 7.21. The van der Waals surface area contributed by atoms with Gasteiger partial charge in [-0.25, -0.2) is 0 Å². The zero-order valence-corrected chi connectivity index (χ0v) is 10.8. The highest BCUT2D eigenvalue weighted by molar-refractivity contribution is 9.10. The zero-order chi connectivity index (χ0) is 12.1. The van der Waals surface area contributed by atoms with Gasteiger partial charge in [-0.05, 0) is 15.9 Å². The molecule has 0 saturated heterocycles. The molecule has 0 aliphatic rings. The molecule has 17 heavy (non-hydrogen) atoms. The average molecular weight is 294 g/mol. The van der Waals surface area contributed by atoms with Crippen LogP contribution in [0.2, 0.25) is 0 Å². The summed E-state index contributed by atoms with van der Waals surface area (Å²) in [5.74, 6) is 6.02. The molecule has 0 bridgehead atoms. The van der Waals surface area contributed by atoms with Crippen LogP contribution >= 0.6 is 15.9 Å². The summed E-state index contributed by atoms with van der Waals surface area (Å²) < 4.78 is 6.12. The van der Waals surface area contributed by atoms with E-state index in [9.17, 15) is 0 Å². The number of nitrogens with two attached hydrogens (primary N) is 1. The highest BCUT2D eigenvalue weighted by Gasteiger charge is 2.04. The molecule has 0 aliphatic carbocycles. The van der Waals surface area contributed by atoms with Gasteiger partial charge in [0, 0.05) is 28.8 Å². The second kappa shape index (κ2) is 5.82. The Morgan fingerprint density at radius 2 is 2.35 bits per heavy atom. The number of pyridine rings is 1. The van der Waals surface area contributed by atoms with E-state index in [1.165, 1.54) is 0 Å². The molecule has 0 fully saturated rings. The molecule has 2 rings (SSSR count). The lowest BCUT2D eigenvalue weighted by Gasteiger charge is -1.94. The van der Waals surface area contributed by atoms with Crippen LogP contribution in [0.15, 0.2) is 23.1 Å². The van der Waals surface area contributed by atoms with Gasteiger partial charge >= 0.3 is 0 Å². The van der Waals surface area contributed by atoms with Crippen molar-refractivity contribution >= 4 is 26.8 Å². The number of nitrogens with zero attached hydrogens (tertiary/aromatic N) is 1. The minimum atomic E-state index is 0.395. The summed E-state index contributed by atoms with van der Waals surface area (Å²) in [5, 5.41) is 1.05. The Balaban J connectivity index is 2.19. The van der Waals surface area contributed by atoms with Crippen molar-refractivity contribution in [2.45, 2.75) is 0 Å². The number of rotatable bonds is 3. The highest BCUT2D eigenvalue weighted by Crippen LogP contribution is 2.24. The van der Waals surface area contributed by atoms with Crippen molar-refractivity contribution in [3.8, 4) is 11.8 Å². The van der Waals surface area contributed by atoms with E-state index in [2.05, 4.69) is 37.7 Å². The third kappa shape index (κ3) is 2.86. The molecule has 0 aliphatic heterocycles. The number of fused-ring (bicyclic) bond motifs is 1. The fourth-order valence-corrected chi connectivity index (χ4v) is 2.02. The number of hydrogen-bond acceptors (Lipinski definition) is 3. The van der Waals surface area contributed by atoms with E-state index in [1.54, 1.807) is 12.4 Å². The number of aromatic nitrogens is 2. The molecule has 88 valence electrons. The van der Waals surface area contributed by atoms with Gasteiger partial charge in [0.2, 0.25) is 0 Å². The quantitative estimate of drug-likeness (QED) is 0.668. The molecule has 0 unspecified atom stereocenters. The second-order valence-electron chi connectivity index (χ2n) is 3.39. The maximum absolute atomic E-state index is 5.31. The SMILES string of the molecule is NCCOCC#Cc1c[nH]c2cncc(Br)c12. The molecular weight excluding hydrogens is 282 g/mol. The summed E-state index contributed by atoms with van der Waals surface area (Å²) in [6, 6.07) is 0. The topological polar surface area (TPSA) is 63.9 Å². The van der Waals surface area contributed by atoms with Crippen molar-refractivity contribution in [1.29, 1.82) is 0 Å². The van der Waals surface area contributed by atoms with Crippen LogP contribution in [0.25, 0.3) is 10.9 Å². The Bertz CT molecular complexity index is 568. The molecule has 0 amide bonds. The van der Waals surface area contributed by atoms with Gasteiger partial charge in [0.05, 0.1) is 23.9 Å². The maximum atomic E-state index is 5.31. The second-order valence-corrected chi connectivity index (χ2v) is 4.24. The lowest BCUT2D eigenvalue weighted by atomic mass is 10.2. The lowest BCUT2D eigenvalue weighted by molar-refractivity contribution is 0.175. The van der Waals surface area contributed by atoms with Crippen molar-refractivity contribution in [3.05, 3.63) is 28.6 Å². The minimum absolute atomic E-state index is 0.395.